The molecule has 0 bridgehead atoms. The number of para-hydroxylation sites is 1. The SMILES string of the molecule is Cc1ncsc1-c1ccc(CNC(=O)[C@@H]2C[C@@H](O)CN2C(=O)[C@@H](NC(=O)C2(F)CC2)C(C)(C)C)c(OCCN2CCC(c3cnc(N4CCN5c6cc(-c7ccccc7O)nnc6NC[C@H]5C4)nc3)CC2)c1. The maximum atomic E-state index is 14.7. The molecule has 7 heterocycles. The third-order valence-corrected chi connectivity index (χ3v) is 15.8. The molecule has 5 N–H and O–H groups in total. The molecule has 1 saturated carbocycles. The van der Waals surface area contributed by atoms with Crippen molar-refractivity contribution in [1.82, 2.24) is 45.6 Å². The first-order valence-corrected chi connectivity index (χ1v) is 25.9. The van der Waals surface area contributed by atoms with Crippen molar-refractivity contribution >= 4 is 46.5 Å². The first-order chi connectivity index (χ1) is 34.6. The highest BCUT2D eigenvalue weighted by Gasteiger charge is 2.53. The molecular formula is C52H63FN12O6S. The minimum absolute atomic E-state index is 0.0339. The lowest BCUT2D eigenvalue weighted by atomic mass is 9.85. The summed E-state index contributed by atoms with van der Waals surface area (Å²) in [6.45, 7) is 13.2. The number of anilines is 3. The van der Waals surface area contributed by atoms with Gasteiger partial charge in [0.1, 0.15) is 30.2 Å². The third-order valence-electron chi connectivity index (χ3n) is 14.8. The van der Waals surface area contributed by atoms with Gasteiger partial charge in [-0.05, 0) is 92.4 Å². The molecule has 2 aromatic carbocycles. The molecule has 4 atom stereocenters. The van der Waals surface area contributed by atoms with Crippen LogP contribution in [0.5, 0.6) is 11.5 Å². The highest BCUT2D eigenvalue weighted by atomic mass is 32.1. The predicted molar refractivity (Wildman–Crippen MR) is 272 cm³/mol. The molecule has 5 aromatic rings. The molecular weight excluding hydrogens is 940 g/mol. The second-order valence-corrected chi connectivity index (χ2v) is 21.7. The van der Waals surface area contributed by atoms with Crippen LogP contribution in [0.25, 0.3) is 21.7 Å². The van der Waals surface area contributed by atoms with Crippen molar-refractivity contribution in [3.05, 3.63) is 83.3 Å². The fourth-order valence-electron chi connectivity index (χ4n) is 10.3. The maximum Gasteiger partial charge on any atom is 0.258 e. The van der Waals surface area contributed by atoms with Crippen LogP contribution in [0.15, 0.2) is 66.4 Å². The van der Waals surface area contributed by atoms with E-state index in [1.54, 1.807) is 44.2 Å². The summed E-state index contributed by atoms with van der Waals surface area (Å²) in [6, 6.07) is 13.2. The molecule has 72 heavy (non-hydrogen) atoms. The normalized spacial score (nSPS) is 21.3. The van der Waals surface area contributed by atoms with Gasteiger partial charge >= 0.3 is 0 Å². The number of rotatable bonds is 14. The standard InChI is InChI=1S/C52H63FN12O6S/c1-31-44(72-30-58-31)33-9-10-34(24-55-47(68)41-22-37(66)29-65(41)48(69)45(51(2,3)4)59-49(70)52(53)13-14-52)43(21-33)71-20-19-62-15-11-32(12-16-62)35-25-56-50(57-26-35)63-17-18-64-36(28-63)27-54-46-40(64)23-39(60-61-46)38-7-5-6-8-42(38)67/h5-10,21,23,25-26,30,32,36-37,41,45,66-67H,11-20,22,24,27-29H2,1-4H3,(H,54,61)(H,55,68)(H,59,70)/t36-,37+,41-,45+/m0/s1. The molecule has 3 saturated heterocycles. The largest absolute Gasteiger partial charge is 0.507 e. The Morgan fingerprint density at radius 2 is 1.78 bits per heavy atom. The van der Waals surface area contributed by atoms with Crippen LogP contribution in [0.2, 0.25) is 0 Å². The smallest absolute Gasteiger partial charge is 0.258 e. The molecule has 10 rings (SSSR count). The van der Waals surface area contributed by atoms with Gasteiger partial charge in [0.05, 0.1) is 39.6 Å². The summed E-state index contributed by atoms with van der Waals surface area (Å²) in [5, 5.41) is 39.0. The summed E-state index contributed by atoms with van der Waals surface area (Å²) in [5.74, 6) is 0.817. The zero-order chi connectivity index (χ0) is 50.3. The molecule has 4 fully saturated rings. The summed E-state index contributed by atoms with van der Waals surface area (Å²) in [4.78, 5) is 64.2. The van der Waals surface area contributed by atoms with Crippen LogP contribution in [0.4, 0.5) is 21.8 Å². The number of hydrogen-bond donors (Lipinski definition) is 5. The second kappa shape index (κ2) is 20.2. The van der Waals surface area contributed by atoms with Crippen LogP contribution in [0, 0.1) is 12.3 Å². The molecule has 5 aliphatic rings. The van der Waals surface area contributed by atoms with Crippen molar-refractivity contribution in [2.45, 2.75) is 102 Å². The molecule has 3 amide bonds. The summed E-state index contributed by atoms with van der Waals surface area (Å²) >= 11 is 1.54. The molecule has 380 valence electrons. The van der Waals surface area contributed by atoms with Crippen molar-refractivity contribution in [2.75, 3.05) is 74.1 Å². The lowest BCUT2D eigenvalue weighted by Crippen LogP contribution is -2.59. The van der Waals surface area contributed by atoms with Crippen molar-refractivity contribution in [1.29, 1.82) is 0 Å². The Kier molecular flexibility index (Phi) is 13.8. The van der Waals surface area contributed by atoms with E-state index in [0.717, 1.165) is 96.8 Å². The van der Waals surface area contributed by atoms with Crippen LogP contribution in [0.1, 0.15) is 75.6 Å². The molecule has 20 heteroatoms. The maximum absolute atomic E-state index is 14.7. The van der Waals surface area contributed by atoms with Crippen LogP contribution < -0.4 is 30.5 Å². The number of nitrogens with zero attached hydrogens (tertiary/aromatic N) is 9. The van der Waals surface area contributed by atoms with Crippen molar-refractivity contribution < 1.29 is 33.7 Å². The number of fused-ring (bicyclic) bond motifs is 3. The van der Waals surface area contributed by atoms with E-state index >= 15 is 0 Å². The molecule has 18 nitrogen and oxygen atoms in total. The third kappa shape index (κ3) is 10.4. The molecule has 0 radical (unpaired) electrons. The second-order valence-electron chi connectivity index (χ2n) is 20.9. The number of aliphatic hydroxyl groups excluding tert-OH is 1. The number of halogens is 1. The van der Waals surface area contributed by atoms with Crippen LogP contribution in [-0.4, -0.2) is 152 Å². The Morgan fingerprint density at radius 1 is 1.00 bits per heavy atom. The quantitative estimate of drug-likeness (QED) is 0.0984. The number of aryl methyl sites for hydroxylation is 1. The van der Waals surface area contributed by atoms with Gasteiger partial charge in [-0.25, -0.2) is 19.3 Å². The lowest BCUT2D eigenvalue weighted by molar-refractivity contribution is -0.145. The Hall–Kier alpha value is -6.51. The van der Waals surface area contributed by atoms with Gasteiger partial charge in [-0.2, -0.15) is 0 Å². The number of benzene rings is 2. The predicted octanol–water partition coefficient (Wildman–Crippen LogP) is 5.06. The zero-order valence-electron chi connectivity index (χ0n) is 41.2. The number of carbonyl (C=O) groups is 3. The number of phenolic OH excluding ortho intramolecular Hbond substituents is 1. The van der Waals surface area contributed by atoms with E-state index in [-0.39, 0.29) is 44.1 Å². The lowest BCUT2D eigenvalue weighted by Gasteiger charge is -2.45. The number of aliphatic hydroxyl groups is 1. The Balaban J connectivity index is 0.728. The topological polar surface area (TPSA) is 214 Å². The summed E-state index contributed by atoms with van der Waals surface area (Å²) in [7, 11) is 0. The summed E-state index contributed by atoms with van der Waals surface area (Å²) in [5.41, 5.74) is 5.07. The number of amides is 3. The van der Waals surface area contributed by atoms with Crippen molar-refractivity contribution in [3.8, 4) is 33.2 Å². The fraction of sp³-hybridized carbons (Fsp3) is 0.500. The van der Waals surface area contributed by atoms with Crippen molar-refractivity contribution in [3.63, 3.8) is 0 Å². The van der Waals surface area contributed by atoms with Gasteiger partial charge in [-0.3, -0.25) is 19.3 Å². The summed E-state index contributed by atoms with van der Waals surface area (Å²) < 4.78 is 21.2. The highest BCUT2D eigenvalue weighted by molar-refractivity contribution is 7.13. The first-order valence-electron chi connectivity index (χ1n) is 25.0. The molecule has 0 unspecified atom stereocenters. The zero-order valence-corrected chi connectivity index (χ0v) is 42.0. The number of thiazole rings is 1. The monoisotopic (exact) mass is 1000 g/mol. The number of aromatic nitrogens is 5. The Morgan fingerprint density at radius 3 is 2.50 bits per heavy atom. The van der Waals surface area contributed by atoms with Gasteiger partial charge in [0.25, 0.3) is 5.91 Å². The molecule has 0 spiro atoms. The minimum atomic E-state index is -1.97. The minimum Gasteiger partial charge on any atom is -0.507 e. The number of piperidine rings is 1. The van der Waals surface area contributed by atoms with E-state index in [1.165, 1.54) is 4.90 Å². The van der Waals surface area contributed by atoms with E-state index in [9.17, 15) is 29.0 Å². The number of hydrogen-bond acceptors (Lipinski definition) is 16. The number of alkyl halides is 1. The molecule has 3 aromatic heterocycles. The number of likely N-dealkylation sites (tertiary alicyclic amines) is 2. The first kappa shape index (κ1) is 49.1. The number of aromatic hydroxyl groups is 1. The van der Waals surface area contributed by atoms with Gasteiger partial charge in [0.2, 0.25) is 17.8 Å². The fourth-order valence-corrected chi connectivity index (χ4v) is 11.1. The van der Waals surface area contributed by atoms with Gasteiger partial charge in [0.15, 0.2) is 11.5 Å². The number of nitrogens with one attached hydrogen (secondary N) is 3. The Bertz CT molecular complexity index is 2800. The van der Waals surface area contributed by atoms with E-state index in [2.05, 4.69) is 45.8 Å². The summed E-state index contributed by atoms with van der Waals surface area (Å²) in [6.07, 6.45) is 5.23. The Labute approximate surface area is 422 Å². The molecule has 4 aliphatic heterocycles. The van der Waals surface area contributed by atoms with Crippen molar-refractivity contribution in [2.24, 2.45) is 5.41 Å². The van der Waals surface area contributed by atoms with Gasteiger partial charge in [-0.15, -0.1) is 21.5 Å². The number of piperazine rings is 1. The van der Waals surface area contributed by atoms with E-state index < -0.39 is 47.0 Å². The highest BCUT2D eigenvalue weighted by Crippen LogP contribution is 2.41. The average molecular weight is 1000 g/mol. The van der Waals surface area contributed by atoms with E-state index in [1.807, 2.05) is 61.2 Å². The van der Waals surface area contributed by atoms with E-state index in [0.29, 0.717) is 36.1 Å². The van der Waals surface area contributed by atoms with Gasteiger partial charge in [-0.1, -0.05) is 45.0 Å². The number of ether oxygens (including phenoxy) is 1. The van der Waals surface area contributed by atoms with Gasteiger partial charge < -0.3 is 45.6 Å². The molecule has 1 aliphatic carbocycles. The van der Waals surface area contributed by atoms with Crippen LogP contribution >= 0.6 is 11.3 Å². The van der Waals surface area contributed by atoms with Gasteiger partial charge in [0, 0.05) is 75.8 Å². The van der Waals surface area contributed by atoms with E-state index in [4.69, 9.17) is 14.7 Å². The number of β-amino-alcohol motifs (C(OH)–C–C–N with tert-alkyl or cyclic N) is 1. The number of carbonyl (C=O) groups excluding carboxylic acids is 3. The number of phenols is 1. The van der Waals surface area contributed by atoms with Crippen LogP contribution in [-0.2, 0) is 20.9 Å². The average Bonchev–Trinajstić information content (AvgIpc) is 3.79. The van der Waals surface area contributed by atoms with Crippen LogP contribution in [0.3, 0.4) is 0 Å².